The molecule has 5 unspecified atom stereocenters. The number of ether oxygens (including phenoxy) is 3. The summed E-state index contributed by atoms with van der Waals surface area (Å²) in [6, 6.07) is 1.27. The Morgan fingerprint density at radius 2 is 1.97 bits per heavy atom. The van der Waals surface area contributed by atoms with Crippen LogP contribution in [-0.2, 0) is 10.2 Å². The molecule has 30 heavy (non-hydrogen) atoms. The lowest BCUT2D eigenvalue weighted by molar-refractivity contribution is -0.153. The number of allylic oxidation sites excluding steroid dienone is 1. The minimum atomic E-state index is -1.28. The number of aliphatic hydroxyl groups is 2. The van der Waals surface area contributed by atoms with E-state index in [2.05, 4.69) is 10.2 Å². The van der Waals surface area contributed by atoms with Crippen LogP contribution in [0.5, 0.6) is 17.2 Å². The fraction of sp³-hybridized carbons (Fsp3) is 0.591. The SMILES string of the molecule is C/C=C1\CN2C3C[C@]4(C(=O)Nc5c(OC)cc(OC)c(OC)c54)C2CC1C3(O)CO. The normalized spacial score (nSPS) is 39.4. The zero-order valence-corrected chi connectivity index (χ0v) is 17.7. The third kappa shape index (κ3) is 2.04. The van der Waals surface area contributed by atoms with Gasteiger partial charge >= 0.3 is 0 Å². The third-order valence-corrected chi connectivity index (χ3v) is 7.90. The first kappa shape index (κ1) is 19.7. The van der Waals surface area contributed by atoms with Gasteiger partial charge in [-0.15, -0.1) is 0 Å². The molecule has 4 fully saturated rings. The molecule has 5 heterocycles. The van der Waals surface area contributed by atoms with Crippen molar-refractivity contribution in [3.05, 3.63) is 23.3 Å². The van der Waals surface area contributed by atoms with E-state index in [0.29, 0.717) is 42.3 Å². The maximum atomic E-state index is 13.6. The molecule has 6 atom stereocenters. The highest BCUT2D eigenvalue weighted by Gasteiger charge is 2.72. The van der Waals surface area contributed by atoms with Crippen molar-refractivity contribution in [3.63, 3.8) is 0 Å². The first-order valence-corrected chi connectivity index (χ1v) is 10.3. The summed E-state index contributed by atoms with van der Waals surface area (Å²) < 4.78 is 16.9. The van der Waals surface area contributed by atoms with Gasteiger partial charge < -0.3 is 29.7 Å². The molecule has 6 rings (SSSR count). The molecule has 4 bridgehead atoms. The standard InChI is InChI=1S/C22H28N2O6/c1-5-11-9-24-15-6-12(11)22(27,10-25)16(24)8-21(15)17-18(23-20(21)26)13(28-2)7-14(29-3)19(17)30-4/h5,7,12,15-16,25,27H,6,8-10H2,1-4H3,(H,23,26)/b11-5+/t12?,15?,16?,21-,22?/m0/s1. The van der Waals surface area contributed by atoms with Crippen molar-refractivity contribution < 1.29 is 29.2 Å². The van der Waals surface area contributed by atoms with Crippen LogP contribution in [-0.4, -0.2) is 73.2 Å². The summed E-state index contributed by atoms with van der Waals surface area (Å²) in [5.74, 6) is 1.22. The molecule has 1 aromatic carbocycles. The summed E-state index contributed by atoms with van der Waals surface area (Å²) in [6.07, 6.45) is 3.01. The summed E-state index contributed by atoms with van der Waals surface area (Å²) in [5, 5.41) is 24.7. The van der Waals surface area contributed by atoms with E-state index in [1.807, 2.05) is 13.0 Å². The number of benzene rings is 1. The van der Waals surface area contributed by atoms with Crippen molar-refractivity contribution in [3.8, 4) is 17.2 Å². The van der Waals surface area contributed by atoms with Crippen LogP contribution in [0.1, 0.15) is 25.3 Å². The van der Waals surface area contributed by atoms with Crippen LogP contribution in [0.2, 0.25) is 0 Å². The van der Waals surface area contributed by atoms with Crippen LogP contribution in [0, 0.1) is 5.92 Å². The largest absolute Gasteiger partial charge is 0.494 e. The molecule has 5 aliphatic heterocycles. The van der Waals surface area contributed by atoms with E-state index in [1.54, 1.807) is 27.4 Å². The number of hydrogen-bond acceptors (Lipinski definition) is 7. The van der Waals surface area contributed by atoms with Gasteiger partial charge in [-0.05, 0) is 19.8 Å². The Balaban J connectivity index is 1.75. The van der Waals surface area contributed by atoms with Crippen LogP contribution in [0.15, 0.2) is 17.7 Å². The first-order valence-electron chi connectivity index (χ1n) is 10.3. The molecule has 8 heteroatoms. The zero-order valence-electron chi connectivity index (χ0n) is 17.7. The number of anilines is 1. The second-order valence-corrected chi connectivity index (χ2v) is 8.70. The molecule has 1 amide bonds. The summed E-state index contributed by atoms with van der Waals surface area (Å²) in [4.78, 5) is 15.8. The highest BCUT2D eigenvalue weighted by atomic mass is 16.5. The summed E-state index contributed by atoms with van der Waals surface area (Å²) >= 11 is 0. The van der Waals surface area contributed by atoms with E-state index in [4.69, 9.17) is 14.2 Å². The summed E-state index contributed by atoms with van der Waals surface area (Å²) in [5.41, 5.74) is 0.256. The maximum Gasteiger partial charge on any atom is 0.237 e. The zero-order chi connectivity index (χ0) is 21.4. The lowest BCUT2D eigenvalue weighted by Crippen LogP contribution is -2.68. The molecule has 0 saturated carbocycles. The second kappa shape index (κ2) is 6.35. The molecule has 1 spiro atoms. The van der Waals surface area contributed by atoms with E-state index in [1.165, 1.54) is 0 Å². The average Bonchev–Trinajstić information content (AvgIpc) is 3.23. The van der Waals surface area contributed by atoms with Gasteiger partial charge in [-0.25, -0.2) is 0 Å². The predicted molar refractivity (Wildman–Crippen MR) is 109 cm³/mol. The maximum absolute atomic E-state index is 13.6. The van der Waals surface area contributed by atoms with E-state index >= 15 is 0 Å². The Bertz CT molecular complexity index is 961. The van der Waals surface area contributed by atoms with Crippen molar-refractivity contribution in [2.24, 2.45) is 5.92 Å². The van der Waals surface area contributed by atoms with E-state index in [0.717, 1.165) is 11.1 Å². The van der Waals surface area contributed by atoms with Crippen LogP contribution >= 0.6 is 0 Å². The van der Waals surface area contributed by atoms with E-state index in [9.17, 15) is 15.0 Å². The number of methoxy groups -OCH3 is 3. The highest BCUT2D eigenvalue weighted by molar-refractivity contribution is 6.10. The van der Waals surface area contributed by atoms with Gasteiger partial charge in [-0.3, -0.25) is 9.69 Å². The molecule has 8 nitrogen and oxygen atoms in total. The molecule has 3 N–H and O–H groups in total. The molecular formula is C22H28N2O6. The van der Waals surface area contributed by atoms with Gasteiger partial charge in [0.05, 0.1) is 39.0 Å². The molecule has 0 aliphatic carbocycles. The number of carbonyl (C=O) groups is 1. The van der Waals surface area contributed by atoms with Gasteiger partial charge in [0.15, 0.2) is 11.5 Å². The smallest absolute Gasteiger partial charge is 0.237 e. The summed E-state index contributed by atoms with van der Waals surface area (Å²) in [7, 11) is 4.68. The molecular weight excluding hydrogens is 388 g/mol. The van der Waals surface area contributed by atoms with Crippen LogP contribution in [0.4, 0.5) is 5.69 Å². The molecule has 1 aromatic rings. The highest BCUT2D eigenvalue weighted by Crippen LogP contribution is 2.65. The number of rotatable bonds is 4. The van der Waals surface area contributed by atoms with Crippen molar-refractivity contribution in [1.82, 2.24) is 4.90 Å². The van der Waals surface area contributed by atoms with Gasteiger partial charge in [0.1, 0.15) is 11.4 Å². The average molecular weight is 416 g/mol. The quantitative estimate of drug-likeness (QED) is 0.631. The van der Waals surface area contributed by atoms with Gasteiger partial charge in [0.2, 0.25) is 5.91 Å². The Morgan fingerprint density at radius 3 is 2.57 bits per heavy atom. The van der Waals surface area contributed by atoms with Crippen LogP contribution in [0.25, 0.3) is 0 Å². The minimum Gasteiger partial charge on any atom is -0.494 e. The molecule has 4 saturated heterocycles. The lowest BCUT2D eigenvalue weighted by Gasteiger charge is -2.56. The lowest BCUT2D eigenvalue weighted by atomic mass is 9.67. The number of piperidine rings is 3. The number of hydrogen-bond donors (Lipinski definition) is 3. The van der Waals surface area contributed by atoms with Crippen LogP contribution in [0.3, 0.4) is 0 Å². The third-order valence-electron chi connectivity index (χ3n) is 7.90. The van der Waals surface area contributed by atoms with Crippen molar-refractivity contribution >= 4 is 11.6 Å². The number of carbonyl (C=O) groups excluding carboxylic acids is 1. The number of aliphatic hydroxyl groups excluding tert-OH is 1. The second-order valence-electron chi connectivity index (χ2n) is 8.70. The Morgan fingerprint density at radius 1 is 1.23 bits per heavy atom. The Kier molecular flexibility index (Phi) is 4.16. The Labute approximate surface area is 175 Å². The number of amides is 1. The molecule has 0 aromatic heterocycles. The van der Waals surface area contributed by atoms with E-state index in [-0.39, 0.29) is 30.5 Å². The van der Waals surface area contributed by atoms with Crippen molar-refractivity contribution in [2.75, 3.05) is 39.8 Å². The fourth-order valence-electron chi connectivity index (χ4n) is 6.57. The monoisotopic (exact) mass is 416 g/mol. The predicted octanol–water partition coefficient (Wildman–Crippen LogP) is 1.05. The number of fused-ring (bicyclic) bond motifs is 3. The first-order chi connectivity index (χ1) is 14.4. The summed E-state index contributed by atoms with van der Waals surface area (Å²) in [6.45, 7) is 2.31. The molecule has 5 aliphatic rings. The van der Waals surface area contributed by atoms with Gasteiger partial charge in [-0.1, -0.05) is 11.6 Å². The Hall–Kier alpha value is -2.29. The van der Waals surface area contributed by atoms with Gasteiger partial charge in [0.25, 0.3) is 0 Å². The minimum absolute atomic E-state index is 0.116. The number of nitrogens with one attached hydrogen (secondary N) is 1. The van der Waals surface area contributed by atoms with E-state index < -0.39 is 11.0 Å². The van der Waals surface area contributed by atoms with Crippen molar-refractivity contribution in [2.45, 2.75) is 42.9 Å². The fourth-order valence-corrected chi connectivity index (χ4v) is 6.57. The van der Waals surface area contributed by atoms with Gasteiger partial charge in [-0.2, -0.15) is 0 Å². The number of nitrogens with zero attached hydrogens (tertiary/aromatic N) is 1. The molecule has 162 valence electrons. The topological polar surface area (TPSA) is 100 Å². The van der Waals surface area contributed by atoms with Crippen molar-refractivity contribution in [1.29, 1.82) is 0 Å². The van der Waals surface area contributed by atoms with Gasteiger partial charge in [0, 0.05) is 36.2 Å². The molecule has 0 radical (unpaired) electrons. The van der Waals surface area contributed by atoms with Crippen LogP contribution < -0.4 is 19.5 Å².